The van der Waals surface area contributed by atoms with Crippen molar-refractivity contribution in [3.8, 4) is 11.3 Å². The van der Waals surface area contributed by atoms with Gasteiger partial charge in [-0.15, -0.1) is 0 Å². The van der Waals surface area contributed by atoms with E-state index in [9.17, 15) is 4.79 Å². The summed E-state index contributed by atoms with van der Waals surface area (Å²) in [4.78, 5) is 17.4. The summed E-state index contributed by atoms with van der Waals surface area (Å²) in [6, 6.07) is 15.8. The molecule has 0 atom stereocenters. The van der Waals surface area contributed by atoms with Crippen molar-refractivity contribution < 1.29 is 4.79 Å². The standard InChI is InChI=1S/C20H18BrN3OS/c1-13-6-8-14(9-7-13)18-17(24-10-11-26-20(24)23-18)12-22-19(25)15-4-2-3-5-16(15)21/h2-9H,10-12H2,1H3,(H,22,25). The third-order valence-electron chi connectivity index (χ3n) is 4.44. The van der Waals surface area contributed by atoms with Crippen LogP contribution in [0.2, 0.25) is 0 Å². The number of carbonyl (C=O) groups is 1. The molecule has 6 heteroatoms. The highest BCUT2D eigenvalue weighted by Crippen LogP contribution is 2.33. The van der Waals surface area contributed by atoms with Gasteiger partial charge in [0, 0.05) is 22.3 Å². The van der Waals surface area contributed by atoms with Crippen LogP contribution >= 0.6 is 27.7 Å². The maximum Gasteiger partial charge on any atom is 0.252 e. The average molecular weight is 428 g/mol. The van der Waals surface area contributed by atoms with Gasteiger partial charge in [-0.05, 0) is 35.0 Å². The maximum absolute atomic E-state index is 12.6. The van der Waals surface area contributed by atoms with Crippen LogP contribution in [0.3, 0.4) is 0 Å². The minimum absolute atomic E-state index is 0.0893. The first-order valence-corrected chi connectivity index (χ1v) is 10.2. The highest BCUT2D eigenvalue weighted by Gasteiger charge is 2.23. The van der Waals surface area contributed by atoms with Gasteiger partial charge in [0.15, 0.2) is 5.16 Å². The van der Waals surface area contributed by atoms with E-state index in [1.807, 2.05) is 24.3 Å². The smallest absolute Gasteiger partial charge is 0.252 e. The summed E-state index contributed by atoms with van der Waals surface area (Å²) in [5.41, 5.74) is 4.97. The van der Waals surface area contributed by atoms with E-state index in [0.717, 1.165) is 38.9 Å². The summed E-state index contributed by atoms with van der Waals surface area (Å²) in [7, 11) is 0. The van der Waals surface area contributed by atoms with Crippen LogP contribution in [0.4, 0.5) is 0 Å². The van der Waals surface area contributed by atoms with Gasteiger partial charge < -0.3 is 9.88 Å². The van der Waals surface area contributed by atoms with E-state index >= 15 is 0 Å². The summed E-state index contributed by atoms with van der Waals surface area (Å²) >= 11 is 5.21. The zero-order chi connectivity index (χ0) is 18.1. The number of imidazole rings is 1. The number of aryl methyl sites for hydroxylation is 1. The first-order valence-electron chi connectivity index (χ1n) is 8.45. The number of hydrogen-bond donors (Lipinski definition) is 1. The Labute approximate surface area is 165 Å². The van der Waals surface area contributed by atoms with E-state index in [2.05, 4.69) is 57.0 Å². The maximum atomic E-state index is 12.6. The summed E-state index contributed by atoms with van der Waals surface area (Å²) in [6.45, 7) is 3.46. The second kappa shape index (κ2) is 7.29. The van der Waals surface area contributed by atoms with Gasteiger partial charge in [0.2, 0.25) is 0 Å². The molecule has 0 bridgehead atoms. The van der Waals surface area contributed by atoms with Crippen LogP contribution in [0, 0.1) is 6.92 Å². The van der Waals surface area contributed by atoms with Crippen LogP contribution in [0.25, 0.3) is 11.3 Å². The van der Waals surface area contributed by atoms with E-state index in [4.69, 9.17) is 4.98 Å². The number of rotatable bonds is 4. The van der Waals surface area contributed by atoms with Gasteiger partial charge in [0.05, 0.1) is 23.5 Å². The lowest BCUT2D eigenvalue weighted by Crippen LogP contribution is -2.25. The SMILES string of the molecule is Cc1ccc(-c2nc3n(c2CNC(=O)c2ccccc2Br)CCS3)cc1. The summed E-state index contributed by atoms with van der Waals surface area (Å²) < 4.78 is 3.02. The van der Waals surface area contributed by atoms with Crippen molar-refractivity contribution in [3.63, 3.8) is 0 Å². The summed E-state index contributed by atoms with van der Waals surface area (Å²) in [6.07, 6.45) is 0. The molecule has 1 N–H and O–H groups in total. The normalized spacial score (nSPS) is 12.8. The number of nitrogens with one attached hydrogen (secondary N) is 1. The summed E-state index contributed by atoms with van der Waals surface area (Å²) in [5.74, 6) is 0.940. The number of nitrogens with zero attached hydrogens (tertiary/aromatic N) is 2. The number of benzene rings is 2. The quantitative estimate of drug-likeness (QED) is 0.658. The molecular weight excluding hydrogens is 410 g/mol. The van der Waals surface area contributed by atoms with Gasteiger partial charge in [-0.3, -0.25) is 4.79 Å². The molecule has 4 rings (SSSR count). The molecule has 1 amide bonds. The van der Waals surface area contributed by atoms with Crippen molar-refractivity contribution in [2.24, 2.45) is 0 Å². The lowest BCUT2D eigenvalue weighted by atomic mass is 10.1. The Hall–Kier alpha value is -2.05. The second-order valence-electron chi connectivity index (χ2n) is 6.22. The monoisotopic (exact) mass is 427 g/mol. The molecule has 3 aromatic rings. The van der Waals surface area contributed by atoms with Crippen LogP contribution in [0.15, 0.2) is 58.2 Å². The number of amides is 1. The third kappa shape index (κ3) is 3.31. The highest BCUT2D eigenvalue weighted by atomic mass is 79.9. The Morgan fingerprint density at radius 2 is 2.00 bits per heavy atom. The van der Waals surface area contributed by atoms with Gasteiger partial charge in [-0.2, -0.15) is 0 Å². The number of fused-ring (bicyclic) bond motifs is 1. The Balaban J connectivity index is 1.63. The molecule has 0 fully saturated rings. The van der Waals surface area contributed by atoms with Crippen LogP contribution in [-0.2, 0) is 13.1 Å². The Morgan fingerprint density at radius 3 is 2.77 bits per heavy atom. The van der Waals surface area contributed by atoms with Crippen molar-refractivity contribution in [2.45, 2.75) is 25.2 Å². The Bertz CT molecular complexity index is 966. The van der Waals surface area contributed by atoms with E-state index in [-0.39, 0.29) is 5.91 Å². The molecule has 0 saturated carbocycles. The third-order valence-corrected chi connectivity index (χ3v) is 6.09. The molecule has 1 aromatic heterocycles. The predicted octanol–water partition coefficient (Wildman–Crippen LogP) is 4.66. The van der Waals surface area contributed by atoms with Crippen LogP contribution < -0.4 is 5.32 Å². The molecule has 0 unspecified atom stereocenters. The predicted molar refractivity (Wildman–Crippen MR) is 108 cm³/mol. The van der Waals surface area contributed by atoms with E-state index in [1.54, 1.807) is 11.8 Å². The lowest BCUT2D eigenvalue weighted by Gasteiger charge is -2.11. The fourth-order valence-corrected chi connectivity index (χ4v) is 4.49. The molecule has 4 nitrogen and oxygen atoms in total. The fourth-order valence-electron chi connectivity index (χ4n) is 3.06. The van der Waals surface area contributed by atoms with E-state index < -0.39 is 0 Å². The van der Waals surface area contributed by atoms with Crippen LogP contribution in [-0.4, -0.2) is 21.2 Å². The first-order chi connectivity index (χ1) is 12.6. The number of hydrogen-bond acceptors (Lipinski definition) is 3. The Morgan fingerprint density at radius 1 is 1.23 bits per heavy atom. The van der Waals surface area contributed by atoms with Crippen molar-refractivity contribution >= 4 is 33.6 Å². The number of thioether (sulfide) groups is 1. The minimum atomic E-state index is -0.0893. The molecule has 26 heavy (non-hydrogen) atoms. The molecule has 0 radical (unpaired) electrons. The summed E-state index contributed by atoms with van der Waals surface area (Å²) in [5, 5.41) is 4.09. The number of carbonyl (C=O) groups excluding carboxylic acids is 1. The molecule has 0 aliphatic carbocycles. The lowest BCUT2D eigenvalue weighted by molar-refractivity contribution is 0.0949. The van der Waals surface area contributed by atoms with Crippen molar-refractivity contribution in [1.82, 2.24) is 14.9 Å². The largest absolute Gasteiger partial charge is 0.346 e. The number of halogens is 1. The van der Waals surface area contributed by atoms with E-state index in [1.165, 1.54) is 5.56 Å². The zero-order valence-electron chi connectivity index (χ0n) is 14.3. The average Bonchev–Trinajstić information content (AvgIpc) is 3.22. The minimum Gasteiger partial charge on any atom is -0.346 e. The molecule has 1 aliphatic heterocycles. The molecule has 0 spiro atoms. The molecular formula is C20H18BrN3OS. The Kier molecular flexibility index (Phi) is 4.87. The zero-order valence-corrected chi connectivity index (χ0v) is 16.7. The fraction of sp³-hybridized carbons (Fsp3) is 0.200. The molecule has 2 aromatic carbocycles. The van der Waals surface area contributed by atoms with Crippen molar-refractivity contribution in [2.75, 3.05) is 5.75 Å². The van der Waals surface area contributed by atoms with Gasteiger partial charge >= 0.3 is 0 Å². The van der Waals surface area contributed by atoms with Gasteiger partial charge in [-0.1, -0.05) is 53.7 Å². The molecule has 2 heterocycles. The van der Waals surface area contributed by atoms with Gasteiger partial charge in [0.1, 0.15) is 0 Å². The first kappa shape index (κ1) is 17.4. The topological polar surface area (TPSA) is 46.9 Å². The van der Waals surface area contributed by atoms with Crippen LogP contribution in [0.5, 0.6) is 0 Å². The molecule has 0 saturated heterocycles. The number of aromatic nitrogens is 2. The van der Waals surface area contributed by atoms with E-state index in [0.29, 0.717) is 12.1 Å². The van der Waals surface area contributed by atoms with Crippen molar-refractivity contribution in [1.29, 1.82) is 0 Å². The van der Waals surface area contributed by atoms with Crippen molar-refractivity contribution in [3.05, 3.63) is 69.8 Å². The van der Waals surface area contributed by atoms with Gasteiger partial charge in [0.25, 0.3) is 5.91 Å². The van der Waals surface area contributed by atoms with Crippen LogP contribution in [0.1, 0.15) is 21.6 Å². The second-order valence-corrected chi connectivity index (χ2v) is 8.13. The molecule has 132 valence electrons. The van der Waals surface area contributed by atoms with Gasteiger partial charge in [-0.25, -0.2) is 4.98 Å². The highest BCUT2D eigenvalue weighted by molar-refractivity contribution is 9.10. The molecule has 1 aliphatic rings.